The fourth-order valence-corrected chi connectivity index (χ4v) is 2.86. The van der Waals surface area contributed by atoms with Gasteiger partial charge in [-0.2, -0.15) is 0 Å². The average molecular weight is 279 g/mol. The second-order valence-corrected chi connectivity index (χ2v) is 5.26. The molecule has 0 heterocycles. The van der Waals surface area contributed by atoms with E-state index in [4.69, 9.17) is 4.74 Å². The number of para-hydroxylation sites is 1. The summed E-state index contributed by atoms with van der Waals surface area (Å²) in [6.07, 6.45) is 0.325. The minimum absolute atomic E-state index is 0.281. The van der Waals surface area contributed by atoms with E-state index in [1.54, 1.807) is 0 Å². The molecule has 0 bridgehead atoms. The average Bonchev–Trinajstić information content (AvgIpc) is 2.48. The Hall–Kier alpha value is -1.06. The first-order chi connectivity index (χ1) is 9.54. The molecule has 0 saturated carbocycles. The molecule has 3 nitrogen and oxygen atoms in total. The van der Waals surface area contributed by atoms with E-state index in [1.165, 1.54) is 0 Å². The zero-order valence-electron chi connectivity index (χ0n) is 13.5. The van der Waals surface area contributed by atoms with Gasteiger partial charge < -0.3 is 9.84 Å². The molecule has 1 aromatic carbocycles. The van der Waals surface area contributed by atoms with Crippen molar-refractivity contribution < 1.29 is 9.84 Å². The van der Waals surface area contributed by atoms with E-state index in [9.17, 15) is 5.11 Å². The lowest BCUT2D eigenvalue weighted by atomic mass is 9.84. The predicted molar refractivity (Wildman–Crippen MR) is 84.2 cm³/mol. The Bertz CT molecular complexity index is 404. The van der Waals surface area contributed by atoms with Crippen molar-refractivity contribution in [3.63, 3.8) is 0 Å². The van der Waals surface area contributed by atoms with Gasteiger partial charge in [-0.05, 0) is 39.4 Å². The highest BCUT2D eigenvalue weighted by Gasteiger charge is 2.38. The van der Waals surface area contributed by atoms with Crippen LogP contribution in [0.2, 0.25) is 0 Å². The first kappa shape index (κ1) is 17.0. The van der Waals surface area contributed by atoms with Gasteiger partial charge in [0.15, 0.2) is 0 Å². The van der Waals surface area contributed by atoms with E-state index < -0.39 is 6.10 Å². The van der Waals surface area contributed by atoms with Crippen LogP contribution in [0.15, 0.2) is 24.3 Å². The van der Waals surface area contributed by atoms with Crippen LogP contribution in [0.25, 0.3) is 0 Å². The van der Waals surface area contributed by atoms with Crippen LogP contribution in [0.5, 0.6) is 5.75 Å². The number of aliphatic hydroxyl groups excluding tert-OH is 1. The lowest BCUT2D eigenvalue weighted by Gasteiger charge is -2.43. The quantitative estimate of drug-likeness (QED) is 0.788. The summed E-state index contributed by atoms with van der Waals surface area (Å²) in [5.74, 6) is 0.786. The third-order valence-corrected chi connectivity index (χ3v) is 4.30. The van der Waals surface area contributed by atoms with Crippen molar-refractivity contribution in [3.8, 4) is 5.75 Å². The molecule has 0 fully saturated rings. The molecule has 1 aromatic rings. The molecule has 0 saturated heterocycles. The number of hydrogen-bond donors (Lipinski definition) is 1. The molecule has 1 N–H and O–H groups in total. The highest BCUT2D eigenvalue weighted by Crippen LogP contribution is 2.38. The van der Waals surface area contributed by atoms with E-state index in [0.717, 1.165) is 30.8 Å². The number of aliphatic hydroxyl groups is 1. The maximum absolute atomic E-state index is 11.0. The van der Waals surface area contributed by atoms with Crippen LogP contribution in [0.3, 0.4) is 0 Å². The van der Waals surface area contributed by atoms with E-state index in [1.807, 2.05) is 31.2 Å². The molecule has 2 atom stereocenters. The van der Waals surface area contributed by atoms with Gasteiger partial charge in [0.2, 0.25) is 0 Å². The minimum Gasteiger partial charge on any atom is -0.493 e. The zero-order chi connectivity index (χ0) is 15.2. The van der Waals surface area contributed by atoms with E-state index >= 15 is 0 Å². The van der Waals surface area contributed by atoms with Crippen molar-refractivity contribution in [2.75, 3.05) is 19.7 Å². The smallest absolute Gasteiger partial charge is 0.125 e. The van der Waals surface area contributed by atoms with Gasteiger partial charge in [0.1, 0.15) is 11.9 Å². The molecule has 20 heavy (non-hydrogen) atoms. The molecule has 0 aromatic heterocycles. The van der Waals surface area contributed by atoms with Crippen LogP contribution in [0, 0.1) is 0 Å². The Morgan fingerprint density at radius 2 is 1.75 bits per heavy atom. The standard InChI is InChI=1S/C17H29NO2/c1-6-17(5,18(7-2)8-3)16(19)14-12-10-11-13-15(14)20-9-4/h10-13,16,19H,6-9H2,1-5H3. The van der Waals surface area contributed by atoms with Crippen LogP contribution in [-0.4, -0.2) is 35.2 Å². The Morgan fingerprint density at radius 1 is 1.15 bits per heavy atom. The number of rotatable bonds is 8. The summed E-state index contributed by atoms with van der Waals surface area (Å²) in [5, 5.41) is 11.0. The number of nitrogens with zero attached hydrogens (tertiary/aromatic N) is 1. The number of ether oxygens (including phenoxy) is 1. The summed E-state index contributed by atoms with van der Waals surface area (Å²) in [6.45, 7) is 13.0. The Labute approximate surface area is 123 Å². The fourth-order valence-electron chi connectivity index (χ4n) is 2.86. The molecule has 0 aliphatic heterocycles. The molecular formula is C17H29NO2. The highest BCUT2D eigenvalue weighted by molar-refractivity contribution is 5.36. The first-order valence-electron chi connectivity index (χ1n) is 7.69. The van der Waals surface area contributed by atoms with Crippen LogP contribution < -0.4 is 4.74 Å². The lowest BCUT2D eigenvalue weighted by molar-refractivity contribution is -0.0225. The monoisotopic (exact) mass is 279 g/mol. The number of likely N-dealkylation sites (N-methyl/N-ethyl adjacent to an activating group) is 1. The summed E-state index contributed by atoms with van der Waals surface area (Å²) in [4.78, 5) is 2.32. The van der Waals surface area contributed by atoms with Crippen molar-refractivity contribution >= 4 is 0 Å². The van der Waals surface area contributed by atoms with Gasteiger partial charge in [-0.15, -0.1) is 0 Å². The molecule has 0 aliphatic carbocycles. The molecule has 1 rings (SSSR count). The zero-order valence-corrected chi connectivity index (χ0v) is 13.5. The fraction of sp³-hybridized carbons (Fsp3) is 0.647. The van der Waals surface area contributed by atoms with Gasteiger partial charge in [-0.1, -0.05) is 39.0 Å². The van der Waals surface area contributed by atoms with Crippen LogP contribution >= 0.6 is 0 Å². The van der Waals surface area contributed by atoms with Gasteiger partial charge >= 0.3 is 0 Å². The minimum atomic E-state index is -0.560. The maximum atomic E-state index is 11.0. The first-order valence-corrected chi connectivity index (χ1v) is 7.69. The van der Waals surface area contributed by atoms with Crippen molar-refractivity contribution in [1.29, 1.82) is 0 Å². The van der Waals surface area contributed by atoms with Gasteiger partial charge in [-0.3, -0.25) is 4.90 Å². The topological polar surface area (TPSA) is 32.7 Å². The second-order valence-electron chi connectivity index (χ2n) is 5.26. The van der Waals surface area contributed by atoms with Crippen molar-refractivity contribution in [3.05, 3.63) is 29.8 Å². The lowest BCUT2D eigenvalue weighted by Crippen LogP contribution is -2.50. The largest absolute Gasteiger partial charge is 0.493 e. The van der Waals surface area contributed by atoms with Crippen molar-refractivity contribution in [1.82, 2.24) is 4.90 Å². The molecule has 0 amide bonds. The normalized spacial score (nSPS) is 15.9. The van der Waals surface area contributed by atoms with Gasteiger partial charge in [0.05, 0.1) is 6.61 Å². The molecule has 0 spiro atoms. The molecule has 0 aliphatic rings. The van der Waals surface area contributed by atoms with E-state index in [-0.39, 0.29) is 5.54 Å². The predicted octanol–water partition coefficient (Wildman–Crippen LogP) is 3.63. The third-order valence-electron chi connectivity index (χ3n) is 4.30. The molecule has 3 heteroatoms. The van der Waals surface area contributed by atoms with Gasteiger partial charge in [-0.25, -0.2) is 0 Å². The Balaban J connectivity index is 3.16. The summed E-state index contributed by atoms with van der Waals surface area (Å²) in [7, 11) is 0. The summed E-state index contributed by atoms with van der Waals surface area (Å²) < 4.78 is 5.67. The molecule has 2 unspecified atom stereocenters. The molecular weight excluding hydrogens is 250 g/mol. The van der Waals surface area contributed by atoms with Crippen LogP contribution in [0.1, 0.15) is 52.7 Å². The maximum Gasteiger partial charge on any atom is 0.125 e. The Kier molecular flexibility index (Phi) is 6.50. The number of hydrogen-bond acceptors (Lipinski definition) is 3. The van der Waals surface area contributed by atoms with Crippen molar-refractivity contribution in [2.45, 2.75) is 52.7 Å². The van der Waals surface area contributed by atoms with Crippen LogP contribution in [0.4, 0.5) is 0 Å². The highest BCUT2D eigenvalue weighted by atomic mass is 16.5. The molecule has 114 valence electrons. The molecule has 0 radical (unpaired) electrons. The number of benzene rings is 1. The van der Waals surface area contributed by atoms with E-state index in [2.05, 4.69) is 32.6 Å². The third kappa shape index (κ3) is 3.33. The van der Waals surface area contributed by atoms with E-state index in [0.29, 0.717) is 6.61 Å². The Morgan fingerprint density at radius 3 is 2.25 bits per heavy atom. The van der Waals surface area contributed by atoms with Gasteiger partial charge in [0, 0.05) is 11.1 Å². The summed E-state index contributed by atoms with van der Waals surface area (Å²) >= 11 is 0. The van der Waals surface area contributed by atoms with Gasteiger partial charge in [0.25, 0.3) is 0 Å². The SMILES string of the molecule is CCOc1ccccc1C(O)C(C)(CC)N(CC)CC. The summed E-state index contributed by atoms with van der Waals surface area (Å²) in [6, 6.07) is 7.80. The van der Waals surface area contributed by atoms with Crippen molar-refractivity contribution in [2.24, 2.45) is 0 Å². The summed E-state index contributed by atoms with van der Waals surface area (Å²) in [5.41, 5.74) is 0.599. The second kappa shape index (κ2) is 7.65. The van der Waals surface area contributed by atoms with Crippen LogP contribution in [-0.2, 0) is 0 Å².